The second-order valence-corrected chi connectivity index (χ2v) is 3.74. The number of aryl methyl sites for hydroxylation is 1. The molecule has 1 aliphatic rings. The van der Waals surface area contributed by atoms with E-state index >= 15 is 0 Å². The summed E-state index contributed by atoms with van der Waals surface area (Å²) < 4.78 is 0. The molecule has 2 rings (SSSR count). The van der Waals surface area contributed by atoms with Crippen LogP contribution >= 0.6 is 0 Å². The van der Waals surface area contributed by atoms with Crippen LogP contribution in [0.4, 0.5) is 0 Å². The molecule has 4 nitrogen and oxygen atoms in total. The Morgan fingerprint density at radius 2 is 2.36 bits per heavy atom. The van der Waals surface area contributed by atoms with Crippen molar-refractivity contribution < 1.29 is 9.90 Å². The quantitative estimate of drug-likeness (QED) is 0.772. The summed E-state index contributed by atoms with van der Waals surface area (Å²) >= 11 is 0. The minimum atomic E-state index is -0.967. The minimum absolute atomic E-state index is 0.0868. The molecule has 1 aliphatic carbocycles. The van der Waals surface area contributed by atoms with Crippen LogP contribution in [0.2, 0.25) is 0 Å². The van der Waals surface area contributed by atoms with E-state index in [-0.39, 0.29) is 5.82 Å². The normalized spacial score (nSPS) is 16.6. The molecule has 14 heavy (non-hydrogen) atoms. The van der Waals surface area contributed by atoms with Gasteiger partial charge in [0.25, 0.3) is 0 Å². The molecular formula is C10H14N2O2. The zero-order valence-corrected chi connectivity index (χ0v) is 8.21. The average Bonchev–Trinajstić information content (AvgIpc) is 2.45. The summed E-state index contributed by atoms with van der Waals surface area (Å²) in [5.41, 5.74) is 1.98. The third-order valence-electron chi connectivity index (χ3n) is 2.86. The highest BCUT2D eigenvalue weighted by atomic mass is 16.4. The van der Waals surface area contributed by atoms with E-state index in [2.05, 4.69) is 9.97 Å². The molecule has 0 amide bonds. The van der Waals surface area contributed by atoms with E-state index in [9.17, 15) is 4.79 Å². The molecule has 0 aromatic carbocycles. The molecule has 76 valence electrons. The number of carboxylic acid groups (broad SMARTS) is 1. The first-order valence-electron chi connectivity index (χ1n) is 5.04. The van der Waals surface area contributed by atoms with Gasteiger partial charge >= 0.3 is 5.97 Å². The van der Waals surface area contributed by atoms with Gasteiger partial charge in [-0.3, -0.25) is 0 Å². The smallest absolute Gasteiger partial charge is 0.371 e. The highest BCUT2D eigenvalue weighted by Crippen LogP contribution is 2.37. The van der Waals surface area contributed by atoms with E-state index in [1.165, 1.54) is 6.42 Å². The molecule has 0 bridgehead atoms. The molecule has 0 aliphatic heterocycles. The van der Waals surface area contributed by atoms with Crippen LogP contribution in [-0.2, 0) is 6.42 Å². The summed E-state index contributed by atoms with van der Waals surface area (Å²) in [6.45, 7) is 2.02. The number of imidazole rings is 1. The van der Waals surface area contributed by atoms with Crippen molar-refractivity contribution in [3.63, 3.8) is 0 Å². The number of carboxylic acids is 1. The van der Waals surface area contributed by atoms with Crippen LogP contribution in [0, 0.1) is 0 Å². The lowest BCUT2D eigenvalue weighted by molar-refractivity contribution is 0.0684. The first kappa shape index (κ1) is 9.24. The third kappa shape index (κ3) is 1.41. The van der Waals surface area contributed by atoms with Gasteiger partial charge in [0, 0.05) is 11.6 Å². The number of hydrogen-bond donors (Lipinski definition) is 2. The maximum Gasteiger partial charge on any atom is 0.371 e. The van der Waals surface area contributed by atoms with Gasteiger partial charge < -0.3 is 10.1 Å². The Bertz CT molecular complexity index is 353. The van der Waals surface area contributed by atoms with E-state index in [1.54, 1.807) is 0 Å². The molecule has 1 fully saturated rings. The standard InChI is InChI=1S/C10H14N2O2/c1-2-7-8(6-4-3-5-6)12-9(11-7)10(13)14/h6H,2-5H2,1H3,(H,11,12)(H,13,14). The van der Waals surface area contributed by atoms with Crippen molar-refractivity contribution >= 4 is 5.97 Å². The summed E-state index contributed by atoms with van der Waals surface area (Å²) in [6, 6.07) is 0. The van der Waals surface area contributed by atoms with Gasteiger partial charge in [0.1, 0.15) is 0 Å². The molecule has 1 heterocycles. The van der Waals surface area contributed by atoms with E-state index < -0.39 is 5.97 Å². The van der Waals surface area contributed by atoms with Crippen molar-refractivity contribution in [3.05, 3.63) is 17.2 Å². The topological polar surface area (TPSA) is 66.0 Å². The number of nitrogens with zero attached hydrogens (tertiary/aromatic N) is 1. The fourth-order valence-corrected chi connectivity index (χ4v) is 1.81. The molecular weight excluding hydrogens is 180 g/mol. The van der Waals surface area contributed by atoms with Crippen LogP contribution in [0.25, 0.3) is 0 Å². The number of aromatic nitrogens is 2. The van der Waals surface area contributed by atoms with Crippen LogP contribution < -0.4 is 0 Å². The highest BCUT2D eigenvalue weighted by Gasteiger charge is 2.26. The Balaban J connectivity index is 2.31. The second-order valence-electron chi connectivity index (χ2n) is 3.74. The Morgan fingerprint density at radius 3 is 2.79 bits per heavy atom. The summed E-state index contributed by atoms with van der Waals surface area (Å²) in [5, 5.41) is 8.80. The lowest BCUT2D eigenvalue weighted by atomic mass is 9.82. The zero-order chi connectivity index (χ0) is 10.1. The SMILES string of the molecule is CCc1[nH]c(C(=O)O)nc1C1CCC1. The predicted molar refractivity (Wildman–Crippen MR) is 51.5 cm³/mol. The van der Waals surface area contributed by atoms with Crippen molar-refractivity contribution in [1.82, 2.24) is 9.97 Å². The van der Waals surface area contributed by atoms with Gasteiger partial charge in [0.05, 0.1) is 5.69 Å². The van der Waals surface area contributed by atoms with Crippen molar-refractivity contribution in [1.29, 1.82) is 0 Å². The largest absolute Gasteiger partial charge is 0.475 e. The van der Waals surface area contributed by atoms with Crippen LogP contribution in [-0.4, -0.2) is 21.0 Å². The Kier molecular flexibility index (Phi) is 2.27. The van der Waals surface area contributed by atoms with Gasteiger partial charge in [0.2, 0.25) is 5.82 Å². The Labute approximate surface area is 82.4 Å². The molecule has 0 unspecified atom stereocenters. The number of H-pyrrole nitrogens is 1. The fourth-order valence-electron chi connectivity index (χ4n) is 1.81. The molecule has 1 aromatic rings. The lowest BCUT2D eigenvalue weighted by Crippen LogP contribution is -2.11. The van der Waals surface area contributed by atoms with Gasteiger partial charge in [-0.2, -0.15) is 0 Å². The van der Waals surface area contributed by atoms with Crippen LogP contribution in [0.15, 0.2) is 0 Å². The maximum atomic E-state index is 10.7. The number of hydrogen-bond acceptors (Lipinski definition) is 2. The van der Waals surface area contributed by atoms with Crippen LogP contribution in [0.3, 0.4) is 0 Å². The lowest BCUT2D eigenvalue weighted by Gasteiger charge is -2.24. The van der Waals surface area contributed by atoms with Gasteiger partial charge in [-0.05, 0) is 19.3 Å². The van der Waals surface area contributed by atoms with Crippen molar-refractivity contribution in [2.24, 2.45) is 0 Å². The number of aromatic carboxylic acids is 1. The van der Waals surface area contributed by atoms with Crippen molar-refractivity contribution in [2.45, 2.75) is 38.5 Å². The van der Waals surface area contributed by atoms with E-state index in [0.717, 1.165) is 30.7 Å². The molecule has 0 atom stereocenters. The van der Waals surface area contributed by atoms with Crippen LogP contribution in [0.5, 0.6) is 0 Å². The summed E-state index contributed by atoms with van der Waals surface area (Å²) in [4.78, 5) is 17.7. The maximum absolute atomic E-state index is 10.7. The molecule has 1 aromatic heterocycles. The third-order valence-corrected chi connectivity index (χ3v) is 2.86. The molecule has 0 saturated heterocycles. The highest BCUT2D eigenvalue weighted by molar-refractivity contribution is 5.83. The first-order chi connectivity index (χ1) is 6.72. The molecule has 4 heteroatoms. The fraction of sp³-hybridized carbons (Fsp3) is 0.600. The summed E-state index contributed by atoms with van der Waals surface area (Å²) in [5.74, 6) is -0.386. The summed E-state index contributed by atoms with van der Waals surface area (Å²) in [7, 11) is 0. The monoisotopic (exact) mass is 194 g/mol. The zero-order valence-electron chi connectivity index (χ0n) is 8.21. The van der Waals surface area contributed by atoms with Gasteiger partial charge in [-0.25, -0.2) is 9.78 Å². The predicted octanol–water partition coefficient (Wildman–Crippen LogP) is 1.94. The van der Waals surface area contributed by atoms with Gasteiger partial charge in [-0.1, -0.05) is 13.3 Å². The molecule has 1 saturated carbocycles. The minimum Gasteiger partial charge on any atom is -0.475 e. The Morgan fingerprint density at radius 1 is 1.64 bits per heavy atom. The van der Waals surface area contributed by atoms with Crippen LogP contribution in [0.1, 0.15) is 54.1 Å². The molecule has 0 radical (unpaired) electrons. The van der Waals surface area contributed by atoms with E-state index in [0.29, 0.717) is 5.92 Å². The van der Waals surface area contributed by atoms with Crippen molar-refractivity contribution in [3.8, 4) is 0 Å². The summed E-state index contributed by atoms with van der Waals surface area (Å²) in [6.07, 6.45) is 4.36. The van der Waals surface area contributed by atoms with E-state index in [1.807, 2.05) is 6.92 Å². The van der Waals surface area contributed by atoms with Gasteiger partial charge in [-0.15, -0.1) is 0 Å². The number of rotatable bonds is 3. The number of aromatic amines is 1. The molecule has 2 N–H and O–H groups in total. The van der Waals surface area contributed by atoms with Crippen molar-refractivity contribution in [2.75, 3.05) is 0 Å². The number of carbonyl (C=O) groups is 1. The Hall–Kier alpha value is -1.32. The first-order valence-corrected chi connectivity index (χ1v) is 5.04. The molecule has 0 spiro atoms. The number of nitrogens with one attached hydrogen (secondary N) is 1. The average molecular weight is 194 g/mol. The van der Waals surface area contributed by atoms with Gasteiger partial charge in [0.15, 0.2) is 0 Å². The van der Waals surface area contributed by atoms with E-state index in [4.69, 9.17) is 5.11 Å². The second kappa shape index (κ2) is 3.44.